The summed E-state index contributed by atoms with van der Waals surface area (Å²) in [5, 5.41) is 14.0. The zero-order valence-corrected chi connectivity index (χ0v) is 11.2. The van der Waals surface area contributed by atoms with Crippen LogP contribution in [0, 0.1) is 10.1 Å². The minimum absolute atomic E-state index is 0.0463. The zero-order chi connectivity index (χ0) is 13.8. The van der Waals surface area contributed by atoms with Crippen LogP contribution in [0.2, 0.25) is 5.02 Å². The maximum Gasteiger partial charge on any atom is 0.271 e. The van der Waals surface area contributed by atoms with Gasteiger partial charge in [0.2, 0.25) is 0 Å². The number of benzene rings is 1. The molecule has 1 aromatic carbocycles. The third kappa shape index (κ3) is 3.79. The van der Waals surface area contributed by atoms with Gasteiger partial charge in [0.15, 0.2) is 0 Å². The van der Waals surface area contributed by atoms with Crippen LogP contribution in [0.3, 0.4) is 0 Å². The van der Waals surface area contributed by atoms with Crippen LogP contribution in [0.25, 0.3) is 0 Å². The number of nitro groups is 1. The lowest BCUT2D eigenvalue weighted by atomic mass is 10.2. The number of hydrogen-bond acceptors (Lipinski definition) is 5. The molecule has 7 heteroatoms. The third-order valence-electron chi connectivity index (χ3n) is 2.78. The Morgan fingerprint density at radius 3 is 3.00 bits per heavy atom. The smallest absolute Gasteiger partial charge is 0.271 e. The van der Waals surface area contributed by atoms with Gasteiger partial charge in [0.25, 0.3) is 5.69 Å². The Hall–Kier alpha value is -1.37. The van der Waals surface area contributed by atoms with E-state index in [-0.39, 0.29) is 22.9 Å². The van der Waals surface area contributed by atoms with Crippen LogP contribution in [-0.4, -0.2) is 36.8 Å². The normalized spacial score (nSPS) is 23.1. The monoisotopic (exact) mass is 286 g/mol. The number of nitro benzene ring substituents is 1. The van der Waals surface area contributed by atoms with Gasteiger partial charge in [-0.1, -0.05) is 11.6 Å². The molecule has 1 N–H and O–H groups in total. The Kier molecular flexibility index (Phi) is 4.57. The summed E-state index contributed by atoms with van der Waals surface area (Å²) in [5.74, 6) is 0.425. The number of nitrogens with zero attached hydrogens (tertiary/aromatic N) is 1. The van der Waals surface area contributed by atoms with E-state index in [0.29, 0.717) is 12.4 Å². The van der Waals surface area contributed by atoms with Gasteiger partial charge in [-0.25, -0.2) is 0 Å². The number of non-ortho nitro benzene ring substituents is 1. The summed E-state index contributed by atoms with van der Waals surface area (Å²) in [6.07, 6.45) is 0.102. The summed E-state index contributed by atoms with van der Waals surface area (Å²) in [5.41, 5.74) is -0.0541. The first kappa shape index (κ1) is 14.0. The van der Waals surface area contributed by atoms with Crippen molar-refractivity contribution in [1.82, 2.24) is 5.32 Å². The van der Waals surface area contributed by atoms with Crippen molar-refractivity contribution in [2.24, 2.45) is 0 Å². The van der Waals surface area contributed by atoms with E-state index in [1.165, 1.54) is 18.2 Å². The fraction of sp³-hybridized carbons (Fsp3) is 0.500. The van der Waals surface area contributed by atoms with Crippen LogP contribution in [0.15, 0.2) is 18.2 Å². The van der Waals surface area contributed by atoms with E-state index in [9.17, 15) is 10.1 Å². The Balaban J connectivity index is 1.94. The van der Waals surface area contributed by atoms with Crippen molar-refractivity contribution in [3.63, 3.8) is 0 Å². The predicted octanol–water partition coefficient (Wildman–Crippen LogP) is 2.00. The van der Waals surface area contributed by atoms with E-state index in [2.05, 4.69) is 5.32 Å². The topological polar surface area (TPSA) is 73.6 Å². The molecular weight excluding hydrogens is 272 g/mol. The number of ether oxygens (including phenoxy) is 2. The number of rotatable bonds is 4. The third-order valence-corrected chi connectivity index (χ3v) is 3.07. The van der Waals surface area contributed by atoms with Gasteiger partial charge in [-0.2, -0.15) is 0 Å². The molecule has 104 valence electrons. The summed E-state index contributed by atoms with van der Waals surface area (Å²) in [6, 6.07) is 4.14. The predicted molar refractivity (Wildman–Crippen MR) is 70.8 cm³/mol. The molecule has 2 rings (SSSR count). The van der Waals surface area contributed by atoms with Gasteiger partial charge in [-0.3, -0.25) is 10.1 Å². The molecule has 0 amide bonds. The van der Waals surface area contributed by atoms with E-state index < -0.39 is 4.92 Å². The van der Waals surface area contributed by atoms with Crippen molar-refractivity contribution in [3.8, 4) is 5.75 Å². The molecule has 0 spiro atoms. The fourth-order valence-electron chi connectivity index (χ4n) is 1.87. The molecule has 1 saturated heterocycles. The van der Waals surface area contributed by atoms with Gasteiger partial charge in [-0.15, -0.1) is 0 Å². The molecule has 0 saturated carbocycles. The van der Waals surface area contributed by atoms with Crippen LogP contribution >= 0.6 is 11.6 Å². The zero-order valence-electron chi connectivity index (χ0n) is 10.5. The molecule has 1 heterocycles. The summed E-state index contributed by atoms with van der Waals surface area (Å²) in [7, 11) is 0. The highest BCUT2D eigenvalue weighted by Gasteiger charge is 2.20. The molecule has 2 unspecified atom stereocenters. The Labute approximate surface area is 115 Å². The first-order valence-corrected chi connectivity index (χ1v) is 6.37. The molecule has 0 aromatic heterocycles. The Morgan fingerprint density at radius 2 is 2.37 bits per heavy atom. The van der Waals surface area contributed by atoms with E-state index in [0.717, 1.165) is 13.1 Å². The van der Waals surface area contributed by atoms with Crippen molar-refractivity contribution < 1.29 is 14.4 Å². The van der Waals surface area contributed by atoms with Crippen molar-refractivity contribution in [2.45, 2.75) is 19.1 Å². The molecule has 2 atom stereocenters. The highest BCUT2D eigenvalue weighted by Crippen LogP contribution is 2.28. The first-order valence-electron chi connectivity index (χ1n) is 5.99. The van der Waals surface area contributed by atoms with E-state index >= 15 is 0 Å². The maximum atomic E-state index is 10.6. The summed E-state index contributed by atoms with van der Waals surface area (Å²) in [4.78, 5) is 10.1. The lowest BCUT2D eigenvalue weighted by Gasteiger charge is -2.28. The molecule has 6 nitrogen and oxygen atoms in total. The fourth-order valence-corrected chi connectivity index (χ4v) is 2.10. The Bertz CT molecular complexity index is 469. The van der Waals surface area contributed by atoms with Crippen LogP contribution in [-0.2, 0) is 4.74 Å². The van der Waals surface area contributed by atoms with Crippen molar-refractivity contribution in [2.75, 3.05) is 19.7 Å². The molecule has 0 radical (unpaired) electrons. The first-order chi connectivity index (χ1) is 9.06. The number of nitrogens with one attached hydrogen (secondary N) is 1. The molecule has 0 bridgehead atoms. The van der Waals surface area contributed by atoms with Gasteiger partial charge in [0.1, 0.15) is 18.5 Å². The molecule has 0 aliphatic carbocycles. The van der Waals surface area contributed by atoms with Crippen LogP contribution in [0.1, 0.15) is 6.92 Å². The van der Waals surface area contributed by atoms with Gasteiger partial charge < -0.3 is 14.8 Å². The summed E-state index contributed by atoms with van der Waals surface area (Å²) >= 11 is 5.93. The van der Waals surface area contributed by atoms with E-state index in [4.69, 9.17) is 21.1 Å². The van der Waals surface area contributed by atoms with E-state index in [1.807, 2.05) is 6.92 Å². The number of morpholine rings is 1. The van der Waals surface area contributed by atoms with Crippen molar-refractivity contribution in [1.29, 1.82) is 0 Å². The summed E-state index contributed by atoms with van der Waals surface area (Å²) < 4.78 is 11.2. The van der Waals surface area contributed by atoms with Gasteiger partial charge in [0.05, 0.1) is 16.0 Å². The van der Waals surface area contributed by atoms with E-state index in [1.54, 1.807) is 0 Å². The maximum absolute atomic E-state index is 10.6. The second kappa shape index (κ2) is 6.18. The SMILES string of the molecule is CC1CNCC(COc2ccc([N+](=O)[O-])cc2Cl)O1. The minimum atomic E-state index is -0.495. The quantitative estimate of drug-likeness (QED) is 0.677. The average molecular weight is 287 g/mol. The van der Waals surface area contributed by atoms with Crippen molar-refractivity contribution in [3.05, 3.63) is 33.3 Å². The standard InChI is InChI=1S/C12H15ClN2O4/c1-8-5-14-6-10(19-8)7-18-12-3-2-9(15(16)17)4-11(12)13/h2-4,8,10,14H,5-7H2,1H3. The van der Waals surface area contributed by atoms with Gasteiger partial charge >= 0.3 is 0 Å². The molecule has 1 fully saturated rings. The number of halogens is 1. The highest BCUT2D eigenvalue weighted by atomic mass is 35.5. The minimum Gasteiger partial charge on any atom is -0.489 e. The summed E-state index contributed by atoms with van der Waals surface area (Å²) in [6.45, 7) is 3.89. The van der Waals surface area contributed by atoms with Gasteiger partial charge in [0, 0.05) is 25.2 Å². The van der Waals surface area contributed by atoms with Crippen molar-refractivity contribution >= 4 is 17.3 Å². The average Bonchev–Trinajstić information content (AvgIpc) is 2.37. The molecular formula is C12H15ClN2O4. The Morgan fingerprint density at radius 1 is 1.58 bits per heavy atom. The second-order valence-corrected chi connectivity index (χ2v) is 4.82. The largest absolute Gasteiger partial charge is 0.489 e. The molecule has 1 aliphatic heterocycles. The molecule has 19 heavy (non-hydrogen) atoms. The van der Waals surface area contributed by atoms with Crippen LogP contribution in [0.5, 0.6) is 5.75 Å². The van der Waals surface area contributed by atoms with Gasteiger partial charge in [-0.05, 0) is 13.0 Å². The number of hydrogen-bond donors (Lipinski definition) is 1. The lowest BCUT2D eigenvalue weighted by Crippen LogP contribution is -2.45. The molecule has 1 aliphatic rings. The van der Waals surface area contributed by atoms with Crippen LogP contribution in [0.4, 0.5) is 5.69 Å². The lowest BCUT2D eigenvalue weighted by molar-refractivity contribution is -0.384. The molecule has 1 aromatic rings. The highest BCUT2D eigenvalue weighted by molar-refractivity contribution is 6.32. The second-order valence-electron chi connectivity index (χ2n) is 4.41. The van der Waals surface area contributed by atoms with Crippen LogP contribution < -0.4 is 10.1 Å².